The van der Waals surface area contributed by atoms with Crippen molar-refractivity contribution >= 4 is 27.5 Å². The standard InChI is InChI=1S/C26H33N3O3S/c1-5-32-19-9-7-6-8-16(19)15-27-22(30)13-12-21-28-24(31)23-18-11-10-17(26(2,3)4)14-20(18)33-25(23)29-21/h6-9,17H,5,10-15H2,1-4H3,(H,27,30)(H,28,29,31)/t17-/m1/s1. The summed E-state index contributed by atoms with van der Waals surface area (Å²) in [5, 5.41) is 3.70. The van der Waals surface area contributed by atoms with Gasteiger partial charge in [-0.05, 0) is 49.1 Å². The van der Waals surface area contributed by atoms with Crippen LogP contribution < -0.4 is 15.6 Å². The van der Waals surface area contributed by atoms with E-state index in [1.165, 1.54) is 10.4 Å². The summed E-state index contributed by atoms with van der Waals surface area (Å²) in [6.45, 7) is 9.80. The molecule has 1 atom stereocenters. The highest BCUT2D eigenvalue weighted by atomic mass is 32.1. The highest BCUT2D eigenvalue weighted by molar-refractivity contribution is 7.18. The average molecular weight is 468 g/mol. The van der Waals surface area contributed by atoms with Gasteiger partial charge < -0.3 is 15.0 Å². The number of aryl methyl sites for hydroxylation is 2. The van der Waals surface area contributed by atoms with Crippen LogP contribution in [-0.4, -0.2) is 22.5 Å². The number of thiophene rings is 1. The van der Waals surface area contributed by atoms with Crippen molar-refractivity contribution in [3.05, 3.63) is 56.4 Å². The number of aromatic amines is 1. The van der Waals surface area contributed by atoms with Crippen LogP contribution in [0.2, 0.25) is 0 Å². The van der Waals surface area contributed by atoms with Crippen molar-refractivity contribution < 1.29 is 9.53 Å². The second-order valence-corrected chi connectivity index (χ2v) is 10.9. The molecule has 0 unspecified atom stereocenters. The molecule has 1 aromatic carbocycles. The lowest BCUT2D eigenvalue weighted by Crippen LogP contribution is -2.26. The van der Waals surface area contributed by atoms with Crippen LogP contribution in [0, 0.1) is 11.3 Å². The quantitative estimate of drug-likeness (QED) is 0.524. The van der Waals surface area contributed by atoms with Gasteiger partial charge in [-0.2, -0.15) is 0 Å². The van der Waals surface area contributed by atoms with Crippen molar-refractivity contribution in [1.82, 2.24) is 15.3 Å². The molecule has 6 nitrogen and oxygen atoms in total. The summed E-state index contributed by atoms with van der Waals surface area (Å²) in [6.07, 6.45) is 3.73. The Kier molecular flexibility index (Phi) is 6.88. The van der Waals surface area contributed by atoms with Crippen molar-refractivity contribution in [2.45, 2.75) is 66.3 Å². The smallest absolute Gasteiger partial charge is 0.259 e. The van der Waals surface area contributed by atoms with Crippen LogP contribution in [-0.2, 0) is 30.6 Å². The molecular formula is C26H33N3O3S. The van der Waals surface area contributed by atoms with E-state index >= 15 is 0 Å². The summed E-state index contributed by atoms with van der Waals surface area (Å²) < 4.78 is 5.61. The number of H-pyrrole nitrogens is 1. The Hall–Kier alpha value is -2.67. The fraction of sp³-hybridized carbons (Fsp3) is 0.500. The van der Waals surface area contributed by atoms with Gasteiger partial charge in [0.2, 0.25) is 5.91 Å². The number of carbonyl (C=O) groups is 1. The number of para-hydroxylation sites is 1. The molecule has 3 aromatic rings. The monoisotopic (exact) mass is 467 g/mol. The van der Waals surface area contributed by atoms with Gasteiger partial charge in [-0.15, -0.1) is 11.3 Å². The minimum Gasteiger partial charge on any atom is -0.494 e. The third-order valence-corrected chi connectivity index (χ3v) is 7.68. The van der Waals surface area contributed by atoms with E-state index in [1.807, 2.05) is 31.2 Å². The van der Waals surface area contributed by atoms with Gasteiger partial charge in [0.25, 0.3) is 5.56 Å². The number of hydrogen-bond acceptors (Lipinski definition) is 5. The van der Waals surface area contributed by atoms with Gasteiger partial charge in [-0.3, -0.25) is 9.59 Å². The largest absolute Gasteiger partial charge is 0.494 e. The summed E-state index contributed by atoms with van der Waals surface area (Å²) in [5.74, 6) is 1.89. The number of carbonyl (C=O) groups excluding carboxylic acids is 1. The Bertz CT molecular complexity index is 1210. The molecule has 4 rings (SSSR count). The number of hydrogen-bond donors (Lipinski definition) is 2. The summed E-state index contributed by atoms with van der Waals surface area (Å²) in [5.41, 5.74) is 2.31. The molecule has 0 bridgehead atoms. The summed E-state index contributed by atoms with van der Waals surface area (Å²) in [6, 6.07) is 7.69. The minimum absolute atomic E-state index is 0.0761. The predicted octanol–water partition coefficient (Wildman–Crippen LogP) is 4.78. The lowest BCUT2D eigenvalue weighted by Gasteiger charge is -2.33. The maximum Gasteiger partial charge on any atom is 0.259 e. The molecule has 1 amide bonds. The van der Waals surface area contributed by atoms with Crippen molar-refractivity contribution in [3.8, 4) is 5.75 Å². The third kappa shape index (κ3) is 5.29. The highest BCUT2D eigenvalue weighted by Gasteiger charge is 2.31. The molecule has 2 heterocycles. The number of nitrogens with one attached hydrogen (secondary N) is 2. The van der Waals surface area contributed by atoms with Crippen LogP contribution in [0.25, 0.3) is 10.2 Å². The molecule has 0 fully saturated rings. The molecule has 2 aromatic heterocycles. The Morgan fingerprint density at radius 3 is 2.85 bits per heavy atom. The first kappa shape index (κ1) is 23.5. The molecule has 33 heavy (non-hydrogen) atoms. The number of aromatic nitrogens is 2. The first-order chi connectivity index (χ1) is 15.8. The van der Waals surface area contributed by atoms with E-state index in [4.69, 9.17) is 9.72 Å². The molecule has 2 N–H and O–H groups in total. The summed E-state index contributed by atoms with van der Waals surface area (Å²) >= 11 is 1.65. The molecule has 0 saturated heterocycles. The second kappa shape index (κ2) is 9.67. The van der Waals surface area contributed by atoms with Gasteiger partial charge in [0.05, 0.1) is 12.0 Å². The molecular weight excluding hydrogens is 434 g/mol. The fourth-order valence-corrected chi connectivity index (χ4v) is 5.87. The van der Waals surface area contributed by atoms with Crippen LogP contribution in [0.4, 0.5) is 0 Å². The molecule has 0 saturated carbocycles. The molecule has 0 aliphatic heterocycles. The van der Waals surface area contributed by atoms with E-state index in [-0.39, 0.29) is 23.3 Å². The van der Waals surface area contributed by atoms with Gasteiger partial charge >= 0.3 is 0 Å². The first-order valence-corrected chi connectivity index (χ1v) is 12.6. The van der Waals surface area contributed by atoms with Crippen molar-refractivity contribution in [1.29, 1.82) is 0 Å². The SMILES string of the molecule is CCOc1ccccc1CNC(=O)CCc1nc2sc3c(c2c(=O)[nH]1)CC[C@@H](C(C)(C)C)C3. The number of nitrogens with zero attached hydrogens (tertiary/aromatic N) is 1. The zero-order chi connectivity index (χ0) is 23.6. The number of benzene rings is 1. The second-order valence-electron chi connectivity index (χ2n) is 9.82. The lowest BCUT2D eigenvalue weighted by molar-refractivity contribution is -0.121. The van der Waals surface area contributed by atoms with Crippen LogP contribution in [0.15, 0.2) is 29.1 Å². The average Bonchev–Trinajstić information content (AvgIpc) is 3.15. The normalized spacial score (nSPS) is 15.9. The van der Waals surface area contributed by atoms with E-state index in [0.717, 1.165) is 40.8 Å². The van der Waals surface area contributed by atoms with Crippen LogP contribution in [0.5, 0.6) is 5.75 Å². The van der Waals surface area contributed by atoms with E-state index < -0.39 is 0 Å². The predicted molar refractivity (Wildman–Crippen MR) is 133 cm³/mol. The number of rotatable bonds is 7. The molecule has 0 spiro atoms. The maximum absolute atomic E-state index is 12.9. The summed E-state index contributed by atoms with van der Waals surface area (Å²) in [4.78, 5) is 35.0. The third-order valence-electron chi connectivity index (χ3n) is 6.53. The Morgan fingerprint density at radius 2 is 2.09 bits per heavy atom. The van der Waals surface area contributed by atoms with Crippen LogP contribution in [0.1, 0.15) is 62.4 Å². The van der Waals surface area contributed by atoms with Crippen molar-refractivity contribution in [2.75, 3.05) is 6.61 Å². The molecule has 7 heteroatoms. The highest BCUT2D eigenvalue weighted by Crippen LogP contribution is 2.41. The van der Waals surface area contributed by atoms with Crippen molar-refractivity contribution in [2.24, 2.45) is 11.3 Å². The van der Waals surface area contributed by atoms with E-state index in [9.17, 15) is 9.59 Å². The van der Waals surface area contributed by atoms with E-state index in [2.05, 4.69) is 31.1 Å². The Balaban J connectivity index is 1.42. The van der Waals surface area contributed by atoms with E-state index in [1.54, 1.807) is 11.3 Å². The van der Waals surface area contributed by atoms with Gasteiger partial charge in [0.1, 0.15) is 16.4 Å². The Morgan fingerprint density at radius 1 is 1.30 bits per heavy atom. The lowest BCUT2D eigenvalue weighted by atomic mass is 9.72. The molecule has 1 aliphatic carbocycles. The topological polar surface area (TPSA) is 84.1 Å². The summed E-state index contributed by atoms with van der Waals surface area (Å²) in [7, 11) is 0. The van der Waals surface area contributed by atoms with Crippen LogP contribution in [0.3, 0.4) is 0 Å². The van der Waals surface area contributed by atoms with Gasteiger partial charge in [0.15, 0.2) is 0 Å². The van der Waals surface area contributed by atoms with Gasteiger partial charge in [-0.1, -0.05) is 39.0 Å². The van der Waals surface area contributed by atoms with Gasteiger partial charge in [0, 0.05) is 29.8 Å². The molecule has 0 radical (unpaired) electrons. The molecule has 176 valence electrons. The maximum atomic E-state index is 12.9. The minimum atomic E-state index is -0.0810. The fourth-order valence-electron chi connectivity index (χ4n) is 4.55. The first-order valence-electron chi connectivity index (χ1n) is 11.8. The van der Waals surface area contributed by atoms with E-state index in [0.29, 0.717) is 31.3 Å². The van der Waals surface area contributed by atoms with Crippen molar-refractivity contribution in [3.63, 3.8) is 0 Å². The number of amides is 1. The zero-order valence-electron chi connectivity index (χ0n) is 19.9. The zero-order valence-corrected chi connectivity index (χ0v) is 20.7. The van der Waals surface area contributed by atoms with Crippen LogP contribution >= 0.6 is 11.3 Å². The Labute approximate surface area is 198 Å². The number of ether oxygens (including phenoxy) is 1. The molecule has 1 aliphatic rings. The number of fused-ring (bicyclic) bond motifs is 3. The van der Waals surface area contributed by atoms with Gasteiger partial charge in [-0.25, -0.2) is 4.98 Å².